The second-order valence-corrected chi connectivity index (χ2v) is 5.80. The van der Waals surface area contributed by atoms with E-state index >= 15 is 0 Å². The van der Waals surface area contributed by atoms with Crippen LogP contribution in [0.4, 0.5) is 0 Å². The third kappa shape index (κ3) is 2.11. The highest BCUT2D eigenvalue weighted by Gasteiger charge is 2.08. The van der Waals surface area contributed by atoms with Crippen molar-refractivity contribution < 1.29 is 0 Å². The fraction of sp³-hybridized carbons (Fsp3) is 0. The summed E-state index contributed by atoms with van der Waals surface area (Å²) in [4.78, 5) is 7.95. The molecule has 17 heavy (non-hydrogen) atoms. The van der Waals surface area contributed by atoms with Crippen molar-refractivity contribution in [3.8, 4) is 11.4 Å². The lowest BCUT2D eigenvalue weighted by atomic mass is 10.2. The summed E-state index contributed by atoms with van der Waals surface area (Å²) >= 11 is 5.82. The van der Waals surface area contributed by atoms with Gasteiger partial charge in [0.25, 0.3) is 0 Å². The first kappa shape index (κ1) is 11.2. The molecule has 0 atom stereocenters. The molecule has 0 aliphatic heterocycles. The molecule has 1 N–H and O–H groups in total. The zero-order chi connectivity index (χ0) is 11.8. The topological polar surface area (TPSA) is 28.7 Å². The zero-order valence-corrected chi connectivity index (χ0v) is 12.5. The van der Waals surface area contributed by atoms with Gasteiger partial charge < -0.3 is 4.98 Å². The first-order valence-corrected chi connectivity index (χ1v) is 7.01. The van der Waals surface area contributed by atoms with E-state index in [0.29, 0.717) is 0 Å². The van der Waals surface area contributed by atoms with E-state index in [-0.39, 0.29) is 0 Å². The summed E-state index contributed by atoms with van der Waals surface area (Å²) in [6.45, 7) is 0. The molecule has 1 aromatic heterocycles. The van der Waals surface area contributed by atoms with Crippen LogP contribution >= 0.6 is 38.5 Å². The van der Waals surface area contributed by atoms with Crippen LogP contribution in [0.25, 0.3) is 22.4 Å². The Hall–Kier alpha value is -0.880. The highest BCUT2D eigenvalue weighted by molar-refractivity contribution is 14.1. The maximum atomic E-state index is 4.60. The fourth-order valence-electron chi connectivity index (χ4n) is 1.76. The van der Waals surface area contributed by atoms with Gasteiger partial charge in [0.2, 0.25) is 0 Å². The molecule has 0 spiro atoms. The molecule has 3 rings (SSSR count). The number of rotatable bonds is 1. The molecule has 2 nitrogen and oxygen atoms in total. The van der Waals surface area contributed by atoms with Gasteiger partial charge in [-0.3, -0.25) is 0 Å². The predicted octanol–water partition coefficient (Wildman–Crippen LogP) is 4.60. The van der Waals surface area contributed by atoms with Crippen molar-refractivity contribution in [2.24, 2.45) is 0 Å². The number of aromatic nitrogens is 2. The minimum absolute atomic E-state index is 0.914. The van der Waals surface area contributed by atoms with Gasteiger partial charge in [-0.1, -0.05) is 28.1 Å². The molecule has 0 amide bonds. The zero-order valence-electron chi connectivity index (χ0n) is 8.74. The molecule has 0 radical (unpaired) electrons. The summed E-state index contributed by atoms with van der Waals surface area (Å²) in [7, 11) is 0. The van der Waals surface area contributed by atoms with E-state index in [1.54, 1.807) is 0 Å². The molecule has 0 unspecified atom stereocenters. The van der Waals surface area contributed by atoms with Gasteiger partial charge in [-0.15, -0.1) is 0 Å². The molecule has 2 aromatic carbocycles. The van der Waals surface area contributed by atoms with Crippen molar-refractivity contribution in [2.45, 2.75) is 0 Å². The number of hydrogen-bond donors (Lipinski definition) is 1. The number of nitrogens with zero attached hydrogens (tertiary/aromatic N) is 1. The molecule has 0 fully saturated rings. The lowest BCUT2D eigenvalue weighted by Crippen LogP contribution is -1.84. The van der Waals surface area contributed by atoms with Crippen LogP contribution in [0.2, 0.25) is 0 Å². The number of hydrogen-bond acceptors (Lipinski definition) is 1. The van der Waals surface area contributed by atoms with Gasteiger partial charge >= 0.3 is 0 Å². The Kier molecular flexibility index (Phi) is 2.92. The van der Waals surface area contributed by atoms with Gasteiger partial charge in [-0.25, -0.2) is 4.98 Å². The number of halogens is 2. The second kappa shape index (κ2) is 4.42. The van der Waals surface area contributed by atoms with Gasteiger partial charge in [0.15, 0.2) is 0 Å². The first-order chi connectivity index (χ1) is 8.24. The van der Waals surface area contributed by atoms with Crippen LogP contribution in [0.1, 0.15) is 0 Å². The van der Waals surface area contributed by atoms with Gasteiger partial charge in [-0.05, 0) is 52.9 Å². The maximum absolute atomic E-state index is 4.60. The number of H-pyrrole nitrogens is 1. The average Bonchev–Trinajstić information content (AvgIpc) is 2.75. The molecule has 0 saturated carbocycles. The van der Waals surface area contributed by atoms with Crippen LogP contribution in [-0.4, -0.2) is 9.97 Å². The van der Waals surface area contributed by atoms with Crippen LogP contribution in [0.5, 0.6) is 0 Å². The lowest BCUT2D eigenvalue weighted by molar-refractivity contribution is 1.32. The molecule has 0 bridgehead atoms. The van der Waals surface area contributed by atoms with Gasteiger partial charge in [0.1, 0.15) is 5.82 Å². The predicted molar refractivity (Wildman–Crippen MR) is 81.9 cm³/mol. The Balaban J connectivity index is 2.23. The quantitative estimate of drug-likeness (QED) is 0.596. The van der Waals surface area contributed by atoms with Crippen LogP contribution in [0.3, 0.4) is 0 Å². The van der Waals surface area contributed by atoms with E-state index in [2.05, 4.69) is 60.6 Å². The van der Waals surface area contributed by atoms with Gasteiger partial charge in [0, 0.05) is 13.6 Å². The van der Waals surface area contributed by atoms with E-state index in [4.69, 9.17) is 0 Å². The summed E-state index contributed by atoms with van der Waals surface area (Å²) < 4.78 is 2.25. The molecule has 4 heteroatoms. The fourth-order valence-corrected chi connectivity index (χ4v) is 2.71. The highest BCUT2D eigenvalue weighted by Crippen LogP contribution is 2.27. The van der Waals surface area contributed by atoms with Crippen molar-refractivity contribution in [2.75, 3.05) is 0 Å². The SMILES string of the molecule is Brc1ccc(I)c(-c2nc3ccccc3[nH]2)c1. The molecule has 1 heterocycles. The number of benzene rings is 2. The average molecular weight is 399 g/mol. The smallest absolute Gasteiger partial charge is 0.139 e. The molecular weight excluding hydrogens is 391 g/mol. The van der Waals surface area contributed by atoms with Crippen molar-refractivity contribution in [3.05, 3.63) is 50.5 Å². The van der Waals surface area contributed by atoms with Crippen molar-refractivity contribution in [1.82, 2.24) is 9.97 Å². The minimum Gasteiger partial charge on any atom is -0.338 e. The molecule has 0 aliphatic carbocycles. The lowest BCUT2D eigenvalue weighted by Gasteiger charge is -2.01. The summed E-state index contributed by atoms with van der Waals surface area (Å²) in [5, 5.41) is 0. The van der Waals surface area contributed by atoms with E-state index in [1.165, 1.54) is 3.57 Å². The van der Waals surface area contributed by atoms with Crippen LogP contribution in [-0.2, 0) is 0 Å². The van der Waals surface area contributed by atoms with Crippen LogP contribution < -0.4 is 0 Å². The largest absolute Gasteiger partial charge is 0.338 e. The van der Waals surface area contributed by atoms with E-state index in [9.17, 15) is 0 Å². The van der Waals surface area contributed by atoms with Crippen molar-refractivity contribution >= 4 is 49.6 Å². The number of aromatic amines is 1. The molecule has 84 valence electrons. The Morgan fingerprint density at radius 2 is 1.94 bits per heavy atom. The van der Waals surface area contributed by atoms with Crippen molar-refractivity contribution in [1.29, 1.82) is 0 Å². The molecule has 3 aromatic rings. The highest BCUT2D eigenvalue weighted by atomic mass is 127. The first-order valence-electron chi connectivity index (χ1n) is 5.14. The number of fused-ring (bicyclic) bond motifs is 1. The van der Waals surface area contributed by atoms with Gasteiger partial charge in [-0.2, -0.15) is 0 Å². The Morgan fingerprint density at radius 1 is 1.12 bits per heavy atom. The molecule has 0 aliphatic rings. The van der Waals surface area contributed by atoms with Crippen LogP contribution in [0.15, 0.2) is 46.9 Å². The standard InChI is InChI=1S/C13H8BrIN2/c14-8-5-6-10(15)9(7-8)13-16-11-3-1-2-4-12(11)17-13/h1-7H,(H,16,17). The maximum Gasteiger partial charge on any atom is 0.139 e. The normalized spacial score (nSPS) is 10.9. The number of imidazole rings is 1. The second-order valence-electron chi connectivity index (χ2n) is 3.73. The Labute approximate surface area is 121 Å². The van der Waals surface area contributed by atoms with Crippen molar-refractivity contribution in [3.63, 3.8) is 0 Å². The number of nitrogens with one attached hydrogen (secondary N) is 1. The minimum atomic E-state index is 0.914. The third-order valence-electron chi connectivity index (χ3n) is 2.57. The van der Waals surface area contributed by atoms with Gasteiger partial charge in [0.05, 0.1) is 11.0 Å². The van der Waals surface area contributed by atoms with E-state index in [1.807, 2.05) is 30.3 Å². The van der Waals surface area contributed by atoms with Crippen LogP contribution in [0, 0.1) is 3.57 Å². The third-order valence-corrected chi connectivity index (χ3v) is 4.01. The summed E-state index contributed by atoms with van der Waals surface area (Å²) in [6, 6.07) is 14.3. The number of para-hydroxylation sites is 2. The van der Waals surface area contributed by atoms with E-state index in [0.717, 1.165) is 26.9 Å². The summed E-state index contributed by atoms with van der Waals surface area (Å²) in [5.41, 5.74) is 3.19. The molecule has 0 saturated heterocycles. The monoisotopic (exact) mass is 398 g/mol. The summed E-state index contributed by atoms with van der Waals surface area (Å²) in [6.07, 6.45) is 0. The Morgan fingerprint density at radius 3 is 2.76 bits per heavy atom. The summed E-state index contributed by atoms with van der Waals surface area (Å²) in [5.74, 6) is 0.914. The molecular formula is C13H8BrIN2. The Bertz CT molecular complexity index is 658. The van der Waals surface area contributed by atoms with E-state index < -0.39 is 0 Å².